The van der Waals surface area contributed by atoms with Crippen LogP contribution in [0.25, 0.3) is 11.4 Å². The highest BCUT2D eigenvalue weighted by Gasteiger charge is 2.49. The molecule has 134 valence electrons. The first kappa shape index (κ1) is 16.7. The van der Waals surface area contributed by atoms with E-state index in [1.54, 1.807) is 24.4 Å². The largest absolute Gasteiger partial charge is 0.439 e. The van der Waals surface area contributed by atoms with Crippen molar-refractivity contribution in [1.82, 2.24) is 20.0 Å². The van der Waals surface area contributed by atoms with E-state index in [9.17, 15) is 4.39 Å². The molecule has 0 spiro atoms. The van der Waals surface area contributed by atoms with E-state index in [-0.39, 0.29) is 11.2 Å². The summed E-state index contributed by atoms with van der Waals surface area (Å²) in [6.45, 7) is 0.900. The fourth-order valence-corrected chi connectivity index (χ4v) is 2.95. The van der Waals surface area contributed by atoms with Gasteiger partial charge in [-0.2, -0.15) is 4.98 Å². The summed E-state index contributed by atoms with van der Waals surface area (Å²) in [5.74, 6) is 1.83. The standard InChI is InChI=1S/C19H19FN4O2/c1-24(2)12-19(9-10-19)18-22-17(23-26-18)13-3-8-16(21-11-13)25-15-6-4-14(20)5-7-15/h3-8,11H,9-10,12H2,1-2H3. The molecule has 0 amide bonds. The highest BCUT2D eigenvalue weighted by molar-refractivity contribution is 5.53. The molecule has 0 aliphatic heterocycles. The molecule has 0 bridgehead atoms. The fourth-order valence-electron chi connectivity index (χ4n) is 2.95. The SMILES string of the molecule is CN(C)CC1(c2nc(-c3ccc(Oc4ccc(F)cc4)nc3)no2)CC1. The molecule has 0 unspecified atom stereocenters. The van der Waals surface area contributed by atoms with Crippen molar-refractivity contribution in [3.8, 4) is 23.0 Å². The molecular formula is C19H19FN4O2. The number of hydrogen-bond donors (Lipinski definition) is 0. The maximum absolute atomic E-state index is 12.9. The molecule has 4 rings (SSSR count). The van der Waals surface area contributed by atoms with Gasteiger partial charge in [0, 0.05) is 24.4 Å². The van der Waals surface area contributed by atoms with Crippen molar-refractivity contribution in [3.63, 3.8) is 0 Å². The van der Waals surface area contributed by atoms with E-state index in [0.29, 0.717) is 23.3 Å². The molecule has 3 aromatic rings. The van der Waals surface area contributed by atoms with Gasteiger partial charge < -0.3 is 14.2 Å². The van der Waals surface area contributed by atoms with Crippen LogP contribution in [-0.2, 0) is 5.41 Å². The van der Waals surface area contributed by atoms with Crippen LogP contribution in [0.2, 0.25) is 0 Å². The van der Waals surface area contributed by atoms with Crippen molar-refractivity contribution >= 4 is 0 Å². The minimum atomic E-state index is -0.309. The quantitative estimate of drug-likeness (QED) is 0.673. The van der Waals surface area contributed by atoms with Crippen LogP contribution in [0.3, 0.4) is 0 Å². The summed E-state index contributed by atoms with van der Waals surface area (Å²) >= 11 is 0. The second-order valence-corrected chi connectivity index (χ2v) is 6.88. The number of ether oxygens (including phenoxy) is 1. The lowest BCUT2D eigenvalue weighted by Crippen LogP contribution is -2.26. The van der Waals surface area contributed by atoms with E-state index < -0.39 is 0 Å². The molecule has 1 aliphatic carbocycles. The minimum Gasteiger partial charge on any atom is -0.439 e. The van der Waals surface area contributed by atoms with Crippen molar-refractivity contribution in [1.29, 1.82) is 0 Å². The van der Waals surface area contributed by atoms with Gasteiger partial charge in [-0.1, -0.05) is 5.16 Å². The van der Waals surface area contributed by atoms with Gasteiger partial charge in [-0.25, -0.2) is 9.37 Å². The average Bonchev–Trinajstić information content (AvgIpc) is 3.21. The maximum atomic E-state index is 12.9. The predicted octanol–water partition coefficient (Wildman–Crippen LogP) is 3.66. The molecule has 6 nitrogen and oxygen atoms in total. The molecule has 0 atom stereocenters. The lowest BCUT2D eigenvalue weighted by Gasteiger charge is -2.15. The first-order chi connectivity index (χ1) is 12.5. The topological polar surface area (TPSA) is 64.3 Å². The Hall–Kier alpha value is -2.80. The van der Waals surface area contributed by atoms with E-state index in [4.69, 9.17) is 9.26 Å². The zero-order chi connectivity index (χ0) is 18.1. The molecule has 1 fully saturated rings. The molecule has 2 aromatic heterocycles. The molecule has 0 radical (unpaired) electrons. The van der Waals surface area contributed by atoms with Crippen molar-refractivity contribution in [2.45, 2.75) is 18.3 Å². The van der Waals surface area contributed by atoms with Crippen LogP contribution in [0, 0.1) is 5.82 Å². The van der Waals surface area contributed by atoms with Gasteiger partial charge in [0.05, 0.1) is 5.41 Å². The Morgan fingerprint density at radius 1 is 1.15 bits per heavy atom. The van der Waals surface area contributed by atoms with Gasteiger partial charge in [-0.15, -0.1) is 0 Å². The molecular weight excluding hydrogens is 335 g/mol. The normalized spacial score (nSPS) is 15.2. The molecule has 7 heteroatoms. The van der Waals surface area contributed by atoms with Crippen LogP contribution in [-0.4, -0.2) is 40.7 Å². The van der Waals surface area contributed by atoms with Crippen molar-refractivity contribution in [2.75, 3.05) is 20.6 Å². The molecule has 1 saturated carbocycles. The van der Waals surface area contributed by atoms with Gasteiger partial charge in [-0.3, -0.25) is 0 Å². The van der Waals surface area contributed by atoms with Gasteiger partial charge in [0.15, 0.2) is 0 Å². The summed E-state index contributed by atoms with van der Waals surface area (Å²) < 4.78 is 24.0. The van der Waals surface area contributed by atoms with E-state index in [0.717, 1.165) is 24.9 Å². The van der Waals surface area contributed by atoms with Gasteiger partial charge >= 0.3 is 0 Å². The Labute approximate surface area is 150 Å². The number of rotatable bonds is 6. The minimum absolute atomic E-state index is 0.00614. The molecule has 26 heavy (non-hydrogen) atoms. The highest BCUT2D eigenvalue weighted by atomic mass is 19.1. The van der Waals surface area contributed by atoms with E-state index in [1.807, 2.05) is 20.2 Å². The lowest BCUT2D eigenvalue weighted by atomic mass is 10.1. The third kappa shape index (κ3) is 3.43. The monoisotopic (exact) mass is 354 g/mol. The third-order valence-electron chi connectivity index (χ3n) is 4.38. The van der Waals surface area contributed by atoms with E-state index >= 15 is 0 Å². The number of hydrogen-bond acceptors (Lipinski definition) is 6. The molecule has 2 heterocycles. The van der Waals surface area contributed by atoms with Gasteiger partial charge in [0.1, 0.15) is 11.6 Å². The molecule has 0 saturated heterocycles. The number of pyridine rings is 1. The molecule has 0 N–H and O–H groups in total. The Morgan fingerprint density at radius 3 is 2.54 bits per heavy atom. The summed E-state index contributed by atoms with van der Waals surface area (Å²) in [4.78, 5) is 11.0. The molecule has 1 aromatic carbocycles. The van der Waals surface area contributed by atoms with E-state index in [2.05, 4.69) is 20.0 Å². The van der Waals surface area contributed by atoms with Gasteiger partial charge in [-0.05, 0) is 57.3 Å². The number of likely N-dealkylation sites (N-methyl/N-ethyl adjacent to an activating group) is 1. The summed E-state index contributed by atoms with van der Waals surface area (Å²) in [6, 6.07) is 9.33. The fraction of sp³-hybridized carbons (Fsp3) is 0.316. The Morgan fingerprint density at radius 2 is 1.92 bits per heavy atom. The third-order valence-corrected chi connectivity index (χ3v) is 4.38. The number of halogens is 1. The predicted molar refractivity (Wildman–Crippen MR) is 93.5 cm³/mol. The lowest BCUT2D eigenvalue weighted by molar-refractivity contribution is 0.291. The second kappa shape index (κ2) is 6.49. The van der Waals surface area contributed by atoms with Crippen LogP contribution >= 0.6 is 0 Å². The van der Waals surface area contributed by atoms with Crippen LogP contribution in [0.4, 0.5) is 4.39 Å². The Bertz CT molecular complexity index is 887. The van der Waals surface area contributed by atoms with Crippen LogP contribution in [0.15, 0.2) is 47.1 Å². The zero-order valence-electron chi connectivity index (χ0n) is 14.6. The maximum Gasteiger partial charge on any atom is 0.234 e. The number of benzene rings is 1. The van der Waals surface area contributed by atoms with Crippen molar-refractivity contribution < 1.29 is 13.7 Å². The van der Waals surface area contributed by atoms with E-state index in [1.165, 1.54) is 12.1 Å². The van der Waals surface area contributed by atoms with Crippen molar-refractivity contribution in [2.24, 2.45) is 0 Å². The molecule has 1 aliphatic rings. The summed E-state index contributed by atoms with van der Waals surface area (Å²) in [7, 11) is 4.09. The summed E-state index contributed by atoms with van der Waals surface area (Å²) in [5.41, 5.74) is 0.750. The van der Waals surface area contributed by atoms with Crippen LogP contribution in [0.5, 0.6) is 11.6 Å². The average molecular weight is 354 g/mol. The second-order valence-electron chi connectivity index (χ2n) is 6.88. The van der Waals surface area contributed by atoms with Gasteiger partial charge in [0.25, 0.3) is 0 Å². The van der Waals surface area contributed by atoms with Gasteiger partial charge in [0.2, 0.25) is 17.6 Å². The summed E-state index contributed by atoms with van der Waals surface area (Å²) in [6.07, 6.45) is 3.77. The highest BCUT2D eigenvalue weighted by Crippen LogP contribution is 2.48. The smallest absolute Gasteiger partial charge is 0.234 e. The first-order valence-electron chi connectivity index (χ1n) is 8.43. The Kier molecular flexibility index (Phi) is 4.16. The zero-order valence-corrected chi connectivity index (χ0v) is 14.6. The van der Waals surface area contributed by atoms with Crippen LogP contribution < -0.4 is 4.74 Å². The van der Waals surface area contributed by atoms with Crippen LogP contribution in [0.1, 0.15) is 18.7 Å². The summed E-state index contributed by atoms with van der Waals surface area (Å²) in [5, 5.41) is 4.10. The Balaban J connectivity index is 1.48. The van der Waals surface area contributed by atoms with Crippen molar-refractivity contribution in [3.05, 3.63) is 54.3 Å². The first-order valence-corrected chi connectivity index (χ1v) is 8.43. The number of nitrogens with zero attached hydrogens (tertiary/aromatic N) is 4. The number of aromatic nitrogens is 3.